The van der Waals surface area contributed by atoms with E-state index in [4.69, 9.17) is 0 Å². The van der Waals surface area contributed by atoms with Gasteiger partial charge in [-0.2, -0.15) is 0 Å². The Balaban J connectivity index is 1.76. The summed E-state index contributed by atoms with van der Waals surface area (Å²) in [4.78, 5) is 0. The predicted octanol–water partition coefficient (Wildman–Crippen LogP) is 4.86. The lowest BCUT2D eigenvalue weighted by Gasteiger charge is -2.17. The van der Waals surface area contributed by atoms with Crippen molar-refractivity contribution in [1.82, 2.24) is 5.32 Å². The molecule has 22 heavy (non-hydrogen) atoms. The molecule has 0 amide bonds. The molecule has 0 fully saturated rings. The van der Waals surface area contributed by atoms with Crippen LogP contribution in [0, 0.1) is 0 Å². The average Bonchev–Trinajstić information content (AvgIpc) is 2.62. The summed E-state index contributed by atoms with van der Waals surface area (Å²) < 4.78 is 0. The molecule has 3 aromatic rings. The van der Waals surface area contributed by atoms with Crippen LogP contribution in [0.5, 0.6) is 0 Å². The van der Waals surface area contributed by atoms with E-state index in [9.17, 15) is 0 Å². The third kappa shape index (κ3) is 3.44. The van der Waals surface area contributed by atoms with Crippen molar-refractivity contribution >= 4 is 0 Å². The molecule has 3 aromatic carbocycles. The summed E-state index contributed by atoms with van der Waals surface area (Å²) in [6.07, 6.45) is 0.996. The van der Waals surface area contributed by atoms with Crippen molar-refractivity contribution in [1.29, 1.82) is 0 Å². The minimum Gasteiger partial charge on any atom is -0.313 e. The summed E-state index contributed by atoms with van der Waals surface area (Å²) in [5, 5.41) is 3.41. The molecule has 0 saturated heterocycles. The van der Waals surface area contributed by atoms with Gasteiger partial charge in [0.05, 0.1) is 0 Å². The SMILES string of the molecule is CNC(Cc1ccc(-c2ccccc2)cc1)c1ccccc1. The molecule has 0 aliphatic carbocycles. The minimum atomic E-state index is 0.351. The van der Waals surface area contributed by atoms with Crippen LogP contribution in [0.4, 0.5) is 0 Å². The first kappa shape index (κ1) is 14.6. The Morgan fingerprint density at radius 1 is 0.682 bits per heavy atom. The largest absolute Gasteiger partial charge is 0.313 e. The summed E-state index contributed by atoms with van der Waals surface area (Å²) in [5.41, 5.74) is 5.22. The van der Waals surface area contributed by atoms with Gasteiger partial charge in [-0.3, -0.25) is 0 Å². The van der Waals surface area contributed by atoms with Crippen molar-refractivity contribution in [2.24, 2.45) is 0 Å². The monoisotopic (exact) mass is 287 g/mol. The number of nitrogens with one attached hydrogen (secondary N) is 1. The number of hydrogen-bond acceptors (Lipinski definition) is 1. The lowest BCUT2D eigenvalue weighted by Crippen LogP contribution is -2.18. The molecule has 1 unspecified atom stereocenters. The van der Waals surface area contributed by atoms with E-state index in [0.717, 1.165) is 6.42 Å². The van der Waals surface area contributed by atoms with Gasteiger partial charge in [0.15, 0.2) is 0 Å². The molecule has 1 nitrogen and oxygen atoms in total. The van der Waals surface area contributed by atoms with E-state index in [0.29, 0.717) is 6.04 Å². The second-order valence-electron chi connectivity index (χ2n) is 5.52. The van der Waals surface area contributed by atoms with Gasteiger partial charge in [-0.05, 0) is 35.7 Å². The Kier molecular flexibility index (Phi) is 4.67. The van der Waals surface area contributed by atoms with E-state index in [1.165, 1.54) is 22.3 Å². The standard InChI is InChI=1S/C21H21N/c1-22-21(20-10-6-3-7-11-20)16-17-12-14-19(15-13-17)18-8-4-2-5-9-18/h2-15,21-22H,16H2,1H3. The van der Waals surface area contributed by atoms with Crippen molar-refractivity contribution in [2.75, 3.05) is 7.05 Å². The number of benzene rings is 3. The molecule has 0 heterocycles. The Morgan fingerprint density at radius 2 is 1.23 bits per heavy atom. The predicted molar refractivity (Wildman–Crippen MR) is 93.8 cm³/mol. The van der Waals surface area contributed by atoms with Gasteiger partial charge in [0.2, 0.25) is 0 Å². The topological polar surface area (TPSA) is 12.0 Å². The summed E-state index contributed by atoms with van der Waals surface area (Å²) in [5.74, 6) is 0. The number of hydrogen-bond donors (Lipinski definition) is 1. The molecule has 0 aliphatic heterocycles. The van der Waals surface area contributed by atoms with Gasteiger partial charge in [0.1, 0.15) is 0 Å². The van der Waals surface area contributed by atoms with E-state index in [1.54, 1.807) is 0 Å². The lowest BCUT2D eigenvalue weighted by atomic mass is 9.97. The highest BCUT2D eigenvalue weighted by molar-refractivity contribution is 5.63. The maximum absolute atomic E-state index is 3.41. The van der Waals surface area contributed by atoms with Crippen molar-refractivity contribution in [3.63, 3.8) is 0 Å². The van der Waals surface area contributed by atoms with Gasteiger partial charge in [-0.1, -0.05) is 84.9 Å². The highest BCUT2D eigenvalue weighted by Gasteiger charge is 2.09. The quantitative estimate of drug-likeness (QED) is 0.707. The van der Waals surface area contributed by atoms with Gasteiger partial charge in [0, 0.05) is 6.04 Å². The molecule has 0 aromatic heterocycles. The van der Waals surface area contributed by atoms with Crippen LogP contribution < -0.4 is 5.32 Å². The molecule has 0 bridgehead atoms. The molecular formula is C21H21N. The van der Waals surface area contributed by atoms with Crippen LogP contribution in [0.1, 0.15) is 17.2 Å². The number of rotatable bonds is 5. The average molecular weight is 287 g/mol. The molecule has 110 valence electrons. The van der Waals surface area contributed by atoms with Crippen molar-refractivity contribution in [2.45, 2.75) is 12.5 Å². The summed E-state index contributed by atoms with van der Waals surface area (Å²) >= 11 is 0. The minimum absolute atomic E-state index is 0.351. The molecule has 1 atom stereocenters. The highest BCUT2D eigenvalue weighted by Crippen LogP contribution is 2.22. The Hall–Kier alpha value is -2.38. The lowest BCUT2D eigenvalue weighted by molar-refractivity contribution is 0.592. The molecule has 3 rings (SSSR count). The molecule has 1 N–H and O–H groups in total. The van der Waals surface area contributed by atoms with Crippen LogP contribution in [-0.2, 0) is 6.42 Å². The zero-order valence-corrected chi connectivity index (χ0v) is 12.9. The van der Waals surface area contributed by atoms with Crippen LogP contribution >= 0.6 is 0 Å². The third-order valence-electron chi connectivity index (χ3n) is 4.05. The summed E-state index contributed by atoms with van der Waals surface area (Å²) in [7, 11) is 2.02. The number of likely N-dealkylation sites (N-methyl/N-ethyl adjacent to an activating group) is 1. The Labute approximate surface area is 132 Å². The zero-order chi connectivity index (χ0) is 15.2. The van der Waals surface area contributed by atoms with E-state index in [-0.39, 0.29) is 0 Å². The fraction of sp³-hybridized carbons (Fsp3) is 0.143. The first-order valence-electron chi connectivity index (χ1n) is 7.73. The smallest absolute Gasteiger partial charge is 0.0358 e. The molecule has 0 spiro atoms. The Bertz CT molecular complexity index is 687. The zero-order valence-electron chi connectivity index (χ0n) is 12.9. The van der Waals surface area contributed by atoms with Crippen LogP contribution in [0.25, 0.3) is 11.1 Å². The second kappa shape index (κ2) is 7.06. The first-order valence-corrected chi connectivity index (χ1v) is 7.73. The Morgan fingerprint density at radius 3 is 1.82 bits per heavy atom. The third-order valence-corrected chi connectivity index (χ3v) is 4.05. The van der Waals surface area contributed by atoms with Gasteiger partial charge < -0.3 is 5.32 Å². The van der Waals surface area contributed by atoms with E-state index >= 15 is 0 Å². The van der Waals surface area contributed by atoms with Crippen molar-refractivity contribution < 1.29 is 0 Å². The van der Waals surface area contributed by atoms with E-state index in [2.05, 4.69) is 90.2 Å². The van der Waals surface area contributed by atoms with Gasteiger partial charge >= 0.3 is 0 Å². The van der Waals surface area contributed by atoms with Crippen LogP contribution in [0.3, 0.4) is 0 Å². The van der Waals surface area contributed by atoms with E-state index in [1.807, 2.05) is 7.05 Å². The van der Waals surface area contributed by atoms with Crippen molar-refractivity contribution in [3.8, 4) is 11.1 Å². The molecule has 0 radical (unpaired) electrons. The van der Waals surface area contributed by atoms with Gasteiger partial charge in [-0.15, -0.1) is 0 Å². The van der Waals surface area contributed by atoms with Gasteiger partial charge in [0.25, 0.3) is 0 Å². The maximum Gasteiger partial charge on any atom is 0.0358 e. The molecular weight excluding hydrogens is 266 g/mol. The molecule has 0 saturated carbocycles. The summed E-state index contributed by atoms with van der Waals surface area (Å²) in [6.45, 7) is 0. The highest BCUT2D eigenvalue weighted by atomic mass is 14.9. The van der Waals surface area contributed by atoms with Crippen LogP contribution in [0.15, 0.2) is 84.9 Å². The fourth-order valence-corrected chi connectivity index (χ4v) is 2.77. The summed E-state index contributed by atoms with van der Waals surface area (Å²) in [6, 6.07) is 30.4. The molecule has 0 aliphatic rings. The molecule has 1 heteroatoms. The maximum atomic E-state index is 3.41. The fourth-order valence-electron chi connectivity index (χ4n) is 2.77. The van der Waals surface area contributed by atoms with Crippen LogP contribution in [0.2, 0.25) is 0 Å². The normalized spacial score (nSPS) is 12.0. The van der Waals surface area contributed by atoms with Crippen molar-refractivity contribution in [3.05, 3.63) is 96.1 Å². The second-order valence-corrected chi connectivity index (χ2v) is 5.52. The van der Waals surface area contributed by atoms with E-state index < -0.39 is 0 Å². The first-order chi connectivity index (χ1) is 10.9. The van der Waals surface area contributed by atoms with Crippen LogP contribution in [-0.4, -0.2) is 7.05 Å². The van der Waals surface area contributed by atoms with Gasteiger partial charge in [-0.25, -0.2) is 0 Å².